The highest BCUT2D eigenvalue weighted by Crippen LogP contribution is 2.32. The molecule has 0 aromatic heterocycles. The number of amides is 2. The summed E-state index contributed by atoms with van der Waals surface area (Å²) in [6, 6.07) is 5.24. The zero-order chi connectivity index (χ0) is 13.6. The lowest BCUT2D eigenvalue weighted by atomic mass is 9.92. The van der Waals surface area contributed by atoms with Gasteiger partial charge in [0.05, 0.1) is 17.3 Å². The average molecular weight is 258 g/mol. The molecule has 2 amide bonds. The molecule has 1 aromatic carbocycles. The summed E-state index contributed by atoms with van der Waals surface area (Å²) < 4.78 is 5.00. The molecule has 0 saturated carbocycles. The van der Waals surface area contributed by atoms with Gasteiger partial charge in [-0.05, 0) is 25.0 Å². The largest absolute Gasteiger partial charge is 0.456 e. The topological polar surface area (TPSA) is 67.4 Å². The Morgan fingerprint density at radius 3 is 2.84 bits per heavy atom. The molecule has 0 bridgehead atoms. The van der Waals surface area contributed by atoms with Crippen LogP contribution in [0.15, 0.2) is 29.5 Å². The quantitative estimate of drug-likeness (QED) is 0.749. The number of esters is 1. The first kappa shape index (κ1) is 11.8. The third-order valence-electron chi connectivity index (χ3n) is 3.47. The molecule has 0 unspecified atom stereocenters. The fourth-order valence-electron chi connectivity index (χ4n) is 2.49. The second-order valence-corrected chi connectivity index (χ2v) is 4.86. The van der Waals surface area contributed by atoms with Gasteiger partial charge in [0.1, 0.15) is 6.61 Å². The van der Waals surface area contributed by atoms with Crippen LogP contribution in [0.4, 0.5) is 4.79 Å². The fraction of sp³-hybridized carbons (Fsp3) is 0.286. The van der Waals surface area contributed by atoms with Crippen molar-refractivity contribution < 1.29 is 14.3 Å². The van der Waals surface area contributed by atoms with E-state index < -0.39 is 6.04 Å². The molecule has 98 valence electrons. The summed E-state index contributed by atoms with van der Waals surface area (Å²) in [6.07, 6.45) is 0. The minimum absolute atomic E-state index is 0.142. The molecule has 0 radical (unpaired) electrons. The molecular weight excluding hydrogens is 244 g/mol. The lowest BCUT2D eigenvalue weighted by molar-refractivity contribution is -0.136. The van der Waals surface area contributed by atoms with E-state index in [9.17, 15) is 9.59 Å². The van der Waals surface area contributed by atoms with Gasteiger partial charge in [0, 0.05) is 0 Å². The van der Waals surface area contributed by atoms with Crippen LogP contribution in [0.25, 0.3) is 0 Å². The Hall–Kier alpha value is -2.30. The summed E-state index contributed by atoms with van der Waals surface area (Å²) in [4.78, 5) is 23.5. The highest BCUT2D eigenvalue weighted by Gasteiger charge is 2.38. The van der Waals surface area contributed by atoms with E-state index in [1.807, 2.05) is 32.0 Å². The zero-order valence-corrected chi connectivity index (χ0v) is 10.7. The van der Waals surface area contributed by atoms with Crippen molar-refractivity contribution in [2.45, 2.75) is 19.9 Å². The van der Waals surface area contributed by atoms with Gasteiger partial charge >= 0.3 is 12.0 Å². The van der Waals surface area contributed by atoms with Crippen LogP contribution in [0.5, 0.6) is 0 Å². The van der Waals surface area contributed by atoms with E-state index in [-0.39, 0.29) is 18.6 Å². The maximum absolute atomic E-state index is 11.8. The summed E-state index contributed by atoms with van der Waals surface area (Å²) in [5.41, 5.74) is 4.13. The molecule has 5 heteroatoms. The van der Waals surface area contributed by atoms with E-state index in [2.05, 4.69) is 10.6 Å². The van der Waals surface area contributed by atoms with Crippen molar-refractivity contribution >= 4 is 12.0 Å². The number of nitrogens with one attached hydrogen (secondary N) is 2. The monoisotopic (exact) mass is 258 g/mol. The van der Waals surface area contributed by atoms with Crippen molar-refractivity contribution in [2.75, 3.05) is 6.61 Å². The smallest absolute Gasteiger partial charge is 0.338 e. The first-order valence-electron chi connectivity index (χ1n) is 6.11. The minimum Gasteiger partial charge on any atom is -0.456 e. The standard InChI is InChI=1S/C14H14N2O3/c1-7-3-4-8(2)9(5-7)12-11-10(6-19-13(11)17)15-14(18)16-12/h3-5,12H,6H2,1-2H3,(H2,15,16,18)/t12-/m0/s1. The number of carbonyl (C=O) groups is 2. The van der Waals surface area contributed by atoms with Crippen molar-refractivity contribution in [3.8, 4) is 0 Å². The van der Waals surface area contributed by atoms with Gasteiger partial charge in [0.15, 0.2) is 0 Å². The van der Waals surface area contributed by atoms with Crippen LogP contribution in [0.2, 0.25) is 0 Å². The van der Waals surface area contributed by atoms with Gasteiger partial charge in [-0.1, -0.05) is 23.8 Å². The summed E-state index contributed by atoms with van der Waals surface area (Å²) in [6.45, 7) is 4.08. The molecule has 1 atom stereocenters. The summed E-state index contributed by atoms with van der Waals surface area (Å²) in [5, 5.41) is 5.42. The summed E-state index contributed by atoms with van der Waals surface area (Å²) in [7, 11) is 0. The maximum Gasteiger partial charge on any atom is 0.338 e. The molecule has 2 heterocycles. The number of urea groups is 1. The van der Waals surface area contributed by atoms with Gasteiger partial charge in [-0.2, -0.15) is 0 Å². The first-order valence-corrected chi connectivity index (χ1v) is 6.11. The van der Waals surface area contributed by atoms with Crippen molar-refractivity contribution in [3.05, 3.63) is 46.2 Å². The number of rotatable bonds is 1. The Labute approximate surface area is 110 Å². The molecular formula is C14H14N2O3. The summed E-state index contributed by atoms with van der Waals surface area (Å²) >= 11 is 0. The number of aryl methyl sites for hydroxylation is 2. The van der Waals surface area contributed by atoms with Gasteiger partial charge in [-0.15, -0.1) is 0 Å². The van der Waals surface area contributed by atoms with E-state index in [4.69, 9.17) is 4.74 Å². The molecule has 2 N–H and O–H groups in total. The van der Waals surface area contributed by atoms with Crippen molar-refractivity contribution in [3.63, 3.8) is 0 Å². The van der Waals surface area contributed by atoms with Crippen molar-refractivity contribution in [2.24, 2.45) is 0 Å². The number of carbonyl (C=O) groups excluding carboxylic acids is 2. The summed E-state index contributed by atoms with van der Waals surface area (Å²) in [5.74, 6) is -0.367. The predicted octanol–water partition coefficient (Wildman–Crippen LogP) is 1.47. The van der Waals surface area contributed by atoms with Crippen LogP contribution in [0.1, 0.15) is 22.7 Å². The van der Waals surface area contributed by atoms with E-state index in [0.29, 0.717) is 11.3 Å². The Bertz CT molecular complexity index is 619. The van der Waals surface area contributed by atoms with Gasteiger partial charge in [0.2, 0.25) is 0 Å². The first-order chi connectivity index (χ1) is 9.06. The minimum atomic E-state index is -0.432. The van der Waals surface area contributed by atoms with E-state index in [1.54, 1.807) is 0 Å². The predicted molar refractivity (Wildman–Crippen MR) is 68.3 cm³/mol. The van der Waals surface area contributed by atoms with Crippen molar-refractivity contribution in [1.29, 1.82) is 0 Å². The molecule has 19 heavy (non-hydrogen) atoms. The molecule has 0 spiro atoms. The average Bonchev–Trinajstić information content (AvgIpc) is 2.73. The maximum atomic E-state index is 11.8. The fourth-order valence-corrected chi connectivity index (χ4v) is 2.49. The molecule has 0 saturated heterocycles. The number of cyclic esters (lactones) is 1. The molecule has 5 nitrogen and oxygen atoms in total. The van der Waals surface area contributed by atoms with Crippen LogP contribution in [-0.2, 0) is 9.53 Å². The van der Waals surface area contributed by atoms with Gasteiger partial charge in [0.25, 0.3) is 0 Å². The molecule has 2 aliphatic rings. The molecule has 2 aliphatic heterocycles. The number of hydrogen-bond acceptors (Lipinski definition) is 3. The van der Waals surface area contributed by atoms with Crippen LogP contribution in [0.3, 0.4) is 0 Å². The van der Waals surface area contributed by atoms with Crippen molar-refractivity contribution in [1.82, 2.24) is 10.6 Å². The number of hydrogen-bond donors (Lipinski definition) is 2. The highest BCUT2D eigenvalue weighted by atomic mass is 16.5. The van der Waals surface area contributed by atoms with Gasteiger partial charge in [-0.25, -0.2) is 9.59 Å². The lowest BCUT2D eigenvalue weighted by Crippen LogP contribution is -2.44. The number of benzene rings is 1. The second kappa shape index (κ2) is 4.12. The van der Waals surface area contributed by atoms with Crippen LogP contribution in [0, 0.1) is 13.8 Å². The van der Waals surface area contributed by atoms with Gasteiger partial charge in [-0.3, -0.25) is 0 Å². The second-order valence-electron chi connectivity index (χ2n) is 4.86. The van der Waals surface area contributed by atoms with E-state index >= 15 is 0 Å². The third-order valence-corrected chi connectivity index (χ3v) is 3.47. The third kappa shape index (κ3) is 1.87. The van der Waals surface area contributed by atoms with Crippen LogP contribution >= 0.6 is 0 Å². The van der Waals surface area contributed by atoms with Crippen LogP contribution in [-0.4, -0.2) is 18.6 Å². The lowest BCUT2D eigenvalue weighted by Gasteiger charge is -2.26. The molecule has 3 rings (SSSR count). The Morgan fingerprint density at radius 1 is 1.26 bits per heavy atom. The van der Waals surface area contributed by atoms with Crippen LogP contribution < -0.4 is 10.6 Å². The highest BCUT2D eigenvalue weighted by molar-refractivity contribution is 5.97. The van der Waals surface area contributed by atoms with E-state index in [1.165, 1.54) is 0 Å². The normalized spacial score (nSPS) is 21.7. The molecule has 0 aliphatic carbocycles. The Morgan fingerprint density at radius 2 is 2.05 bits per heavy atom. The van der Waals surface area contributed by atoms with E-state index in [0.717, 1.165) is 16.7 Å². The zero-order valence-electron chi connectivity index (χ0n) is 10.7. The molecule has 0 fully saturated rings. The van der Waals surface area contributed by atoms with Gasteiger partial charge < -0.3 is 15.4 Å². The SMILES string of the molecule is Cc1ccc(C)c([C@@H]2NC(=O)NC3=C2C(=O)OC3)c1. The Kier molecular flexibility index (Phi) is 2.55. The molecule has 1 aromatic rings. The number of ether oxygens (including phenoxy) is 1. The Balaban J connectivity index is 2.12.